The van der Waals surface area contributed by atoms with E-state index in [1.54, 1.807) is 0 Å². The molecule has 2 rings (SSSR count). The van der Waals surface area contributed by atoms with Gasteiger partial charge in [-0.15, -0.1) is 0 Å². The average molecular weight is 266 g/mol. The molecule has 2 unspecified atom stereocenters. The topological polar surface area (TPSA) is 63.8 Å². The number of thioether (sulfide) groups is 1. The molecule has 0 radical (unpaired) electrons. The third-order valence-corrected chi connectivity index (χ3v) is 4.70. The third-order valence-electron chi connectivity index (χ3n) is 3.60. The van der Waals surface area contributed by atoms with Crippen molar-refractivity contribution in [3.63, 3.8) is 0 Å². The zero-order chi connectivity index (χ0) is 13.1. The number of nitrogens with one attached hydrogen (secondary N) is 1. The van der Waals surface area contributed by atoms with Crippen molar-refractivity contribution in [3.05, 3.63) is 11.4 Å². The molecule has 3 N–H and O–H groups in total. The SMILES string of the molecule is CCc1nc(N)c(C)c(NC2CCC(SC)C2)n1. The summed E-state index contributed by atoms with van der Waals surface area (Å²) in [6.45, 7) is 4.03. The molecule has 100 valence electrons. The Morgan fingerprint density at radius 1 is 1.39 bits per heavy atom. The lowest BCUT2D eigenvalue weighted by molar-refractivity contribution is 0.747. The van der Waals surface area contributed by atoms with Gasteiger partial charge in [0, 0.05) is 23.3 Å². The van der Waals surface area contributed by atoms with E-state index < -0.39 is 0 Å². The van der Waals surface area contributed by atoms with Crippen molar-refractivity contribution < 1.29 is 0 Å². The molecule has 1 aliphatic carbocycles. The van der Waals surface area contributed by atoms with Gasteiger partial charge in [0.25, 0.3) is 0 Å². The van der Waals surface area contributed by atoms with E-state index in [1.165, 1.54) is 19.3 Å². The van der Waals surface area contributed by atoms with Gasteiger partial charge in [-0.2, -0.15) is 11.8 Å². The number of anilines is 2. The van der Waals surface area contributed by atoms with Crippen LogP contribution in [0, 0.1) is 6.92 Å². The number of nitrogens with two attached hydrogens (primary N) is 1. The second-order valence-electron chi connectivity index (χ2n) is 4.86. The van der Waals surface area contributed by atoms with E-state index in [0.717, 1.165) is 28.9 Å². The van der Waals surface area contributed by atoms with E-state index in [-0.39, 0.29) is 0 Å². The number of aromatic nitrogens is 2. The number of hydrogen-bond donors (Lipinski definition) is 2. The van der Waals surface area contributed by atoms with E-state index in [1.807, 2.05) is 25.6 Å². The zero-order valence-electron chi connectivity index (χ0n) is 11.4. The zero-order valence-corrected chi connectivity index (χ0v) is 12.2. The maximum atomic E-state index is 5.93. The van der Waals surface area contributed by atoms with Gasteiger partial charge in [0.1, 0.15) is 17.5 Å². The Morgan fingerprint density at radius 3 is 2.78 bits per heavy atom. The van der Waals surface area contributed by atoms with Gasteiger partial charge in [0.2, 0.25) is 0 Å². The minimum atomic E-state index is 0.528. The molecule has 0 aliphatic heterocycles. The number of nitrogen functional groups attached to an aromatic ring is 1. The first-order valence-electron chi connectivity index (χ1n) is 6.56. The largest absolute Gasteiger partial charge is 0.383 e. The lowest BCUT2D eigenvalue weighted by Gasteiger charge is -2.16. The Balaban J connectivity index is 2.11. The van der Waals surface area contributed by atoms with Crippen LogP contribution in [0.25, 0.3) is 0 Å². The molecular weight excluding hydrogens is 244 g/mol. The van der Waals surface area contributed by atoms with E-state index in [0.29, 0.717) is 11.9 Å². The molecule has 4 nitrogen and oxygen atoms in total. The van der Waals surface area contributed by atoms with Crippen molar-refractivity contribution in [3.8, 4) is 0 Å². The summed E-state index contributed by atoms with van der Waals surface area (Å²) < 4.78 is 0. The first-order chi connectivity index (χ1) is 8.63. The standard InChI is InChI=1S/C13H22N4S/c1-4-11-16-12(14)8(2)13(17-11)15-9-5-6-10(7-9)18-3/h9-10H,4-7H2,1-3H3,(H3,14,15,16,17). The molecule has 0 amide bonds. The van der Waals surface area contributed by atoms with Gasteiger partial charge in [-0.25, -0.2) is 9.97 Å². The molecule has 0 bridgehead atoms. The highest BCUT2D eigenvalue weighted by Crippen LogP contribution is 2.31. The molecule has 18 heavy (non-hydrogen) atoms. The summed E-state index contributed by atoms with van der Waals surface area (Å²) in [4.78, 5) is 8.84. The molecular formula is C13H22N4S. The predicted molar refractivity (Wildman–Crippen MR) is 79.1 cm³/mol. The van der Waals surface area contributed by atoms with Crippen molar-refractivity contribution in [2.75, 3.05) is 17.3 Å². The lowest BCUT2D eigenvalue weighted by atomic mass is 10.2. The van der Waals surface area contributed by atoms with Gasteiger partial charge in [-0.1, -0.05) is 6.92 Å². The van der Waals surface area contributed by atoms with Gasteiger partial charge < -0.3 is 11.1 Å². The Hall–Kier alpha value is -0.970. The first kappa shape index (κ1) is 13.5. The monoisotopic (exact) mass is 266 g/mol. The smallest absolute Gasteiger partial charge is 0.134 e. The fourth-order valence-corrected chi connectivity index (χ4v) is 3.16. The van der Waals surface area contributed by atoms with Crippen LogP contribution in [-0.2, 0) is 6.42 Å². The maximum Gasteiger partial charge on any atom is 0.134 e. The van der Waals surface area contributed by atoms with Crippen molar-refractivity contribution in [1.29, 1.82) is 0 Å². The second kappa shape index (κ2) is 5.78. The number of rotatable bonds is 4. The maximum absolute atomic E-state index is 5.93. The Kier molecular flexibility index (Phi) is 4.32. The first-order valence-corrected chi connectivity index (χ1v) is 7.85. The quantitative estimate of drug-likeness (QED) is 0.877. The Labute approximate surface area is 113 Å². The highest BCUT2D eigenvalue weighted by molar-refractivity contribution is 7.99. The summed E-state index contributed by atoms with van der Waals surface area (Å²) in [6, 6.07) is 0.528. The van der Waals surface area contributed by atoms with Gasteiger partial charge in [-0.05, 0) is 32.4 Å². The Bertz CT molecular complexity index is 422. The second-order valence-corrected chi connectivity index (χ2v) is 6.00. The summed E-state index contributed by atoms with van der Waals surface area (Å²) in [5.41, 5.74) is 6.90. The fraction of sp³-hybridized carbons (Fsp3) is 0.692. The summed E-state index contributed by atoms with van der Waals surface area (Å²) >= 11 is 1.96. The van der Waals surface area contributed by atoms with E-state index in [4.69, 9.17) is 5.73 Å². The average Bonchev–Trinajstić information content (AvgIpc) is 2.82. The minimum absolute atomic E-state index is 0.528. The van der Waals surface area contributed by atoms with Crippen LogP contribution in [0.5, 0.6) is 0 Å². The minimum Gasteiger partial charge on any atom is -0.383 e. The van der Waals surface area contributed by atoms with E-state index in [9.17, 15) is 0 Å². The van der Waals surface area contributed by atoms with Crippen LogP contribution in [0.2, 0.25) is 0 Å². The highest BCUT2D eigenvalue weighted by Gasteiger charge is 2.24. The highest BCUT2D eigenvalue weighted by atomic mass is 32.2. The molecule has 1 aromatic heterocycles. The van der Waals surface area contributed by atoms with Crippen LogP contribution in [0.1, 0.15) is 37.6 Å². The molecule has 1 aromatic rings. The van der Waals surface area contributed by atoms with Crippen molar-refractivity contribution in [2.45, 2.75) is 50.8 Å². The molecule has 1 fully saturated rings. The van der Waals surface area contributed by atoms with Crippen LogP contribution in [0.4, 0.5) is 11.6 Å². The molecule has 5 heteroatoms. The predicted octanol–water partition coefficient (Wildman–Crippen LogP) is 2.63. The molecule has 0 aromatic carbocycles. The summed E-state index contributed by atoms with van der Waals surface area (Å²) in [7, 11) is 0. The van der Waals surface area contributed by atoms with Crippen LogP contribution in [-0.4, -0.2) is 27.5 Å². The lowest BCUT2D eigenvalue weighted by Crippen LogP contribution is -2.19. The van der Waals surface area contributed by atoms with Crippen LogP contribution in [0.15, 0.2) is 0 Å². The molecule has 0 spiro atoms. The van der Waals surface area contributed by atoms with E-state index in [2.05, 4.69) is 21.5 Å². The van der Waals surface area contributed by atoms with Gasteiger partial charge in [0.15, 0.2) is 0 Å². The molecule has 1 aliphatic rings. The molecule has 2 atom stereocenters. The molecule has 1 saturated carbocycles. The molecule has 0 saturated heterocycles. The van der Waals surface area contributed by atoms with E-state index >= 15 is 0 Å². The van der Waals surface area contributed by atoms with Crippen LogP contribution in [0.3, 0.4) is 0 Å². The summed E-state index contributed by atoms with van der Waals surface area (Å²) in [5, 5.41) is 4.33. The fourth-order valence-electron chi connectivity index (χ4n) is 2.36. The summed E-state index contributed by atoms with van der Waals surface area (Å²) in [6.07, 6.45) is 6.73. The normalized spacial score (nSPS) is 23.3. The Morgan fingerprint density at radius 2 is 2.17 bits per heavy atom. The van der Waals surface area contributed by atoms with Gasteiger partial charge in [-0.3, -0.25) is 0 Å². The number of hydrogen-bond acceptors (Lipinski definition) is 5. The van der Waals surface area contributed by atoms with Gasteiger partial charge >= 0.3 is 0 Å². The van der Waals surface area contributed by atoms with Crippen molar-refractivity contribution in [1.82, 2.24) is 9.97 Å². The molecule has 1 heterocycles. The van der Waals surface area contributed by atoms with Crippen molar-refractivity contribution in [2.24, 2.45) is 0 Å². The van der Waals surface area contributed by atoms with Crippen LogP contribution >= 0.6 is 11.8 Å². The van der Waals surface area contributed by atoms with Crippen molar-refractivity contribution >= 4 is 23.4 Å². The number of aryl methyl sites for hydroxylation is 1. The number of nitrogens with zero attached hydrogens (tertiary/aromatic N) is 2. The van der Waals surface area contributed by atoms with Crippen LogP contribution < -0.4 is 11.1 Å². The summed E-state index contributed by atoms with van der Waals surface area (Å²) in [5.74, 6) is 2.34. The van der Waals surface area contributed by atoms with Gasteiger partial charge in [0.05, 0.1) is 0 Å². The third kappa shape index (κ3) is 2.88.